The number of hydrogen-bond acceptors (Lipinski definition) is 6. The van der Waals surface area contributed by atoms with Gasteiger partial charge in [-0.2, -0.15) is 10.5 Å². The van der Waals surface area contributed by atoms with Crippen LogP contribution in [0.1, 0.15) is 22.3 Å². The molecule has 9 rings (SSSR count). The number of benzene rings is 7. The topological polar surface area (TPSA) is 74.2 Å². The Balaban J connectivity index is 1.49. The monoisotopic (exact) mass is 730 g/mol. The Morgan fingerprint density at radius 3 is 1.47 bits per heavy atom. The Morgan fingerprint density at radius 1 is 0.509 bits per heavy atom. The molecule has 7 heteroatoms. The predicted molar refractivity (Wildman–Crippen MR) is 222 cm³/mol. The highest BCUT2D eigenvalue weighted by molar-refractivity contribution is 7.99. The van der Waals surface area contributed by atoms with Crippen molar-refractivity contribution in [2.45, 2.75) is 23.6 Å². The molecule has 0 atom stereocenters. The second-order valence-corrected chi connectivity index (χ2v) is 14.8. The zero-order valence-corrected chi connectivity index (χ0v) is 31.5. The molecule has 264 valence electrons. The smallest absolute Gasteiger partial charge is 0.121 e. The number of aryl methyl sites for hydroxylation is 2. The maximum Gasteiger partial charge on any atom is 0.121 e. The number of aromatic nitrogens is 1. The van der Waals surface area contributed by atoms with Gasteiger partial charge in [-0.15, -0.1) is 0 Å². The molecule has 0 N–H and O–H groups in total. The van der Waals surface area contributed by atoms with Crippen molar-refractivity contribution in [2.24, 2.45) is 0 Å². The minimum atomic E-state index is 0.563. The normalized spacial score (nSPS) is 11.9. The van der Waals surface area contributed by atoms with Crippen LogP contribution in [0.15, 0.2) is 143 Å². The molecule has 0 saturated carbocycles. The van der Waals surface area contributed by atoms with Crippen LogP contribution in [-0.4, -0.2) is 18.8 Å². The highest BCUT2D eigenvalue weighted by Gasteiger charge is 2.30. The second kappa shape index (κ2) is 13.5. The summed E-state index contributed by atoms with van der Waals surface area (Å²) in [5, 5.41) is 22.4. The number of anilines is 3. The maximum atomic E-state index is 10.0. The van der Waals surface area contributed by atoms with E-state index in [0.717, 1.165) is 99.2 Å². The van der Waals surface area contributed by atoms with Crippen LogP contribution in [0.25, 0.3) is 49.7 Å². The Kier molecular flexibility index (Phi) is 8.31. The van der Waals surface area contributed by atoms with Crippen LogP contribution in [0.5, 0.6) is 11.5 Å². The van der Waals surface area contributed by atoms with Gasteiger partial charge < -0.3 is 18.9 Å². The van der Waals surface area contributed by atoms with Gasteiger partial charge in [-0.25, -0.2) is 0 Å². The van der Waals surface area contributed by atoms with E-state index in [4.69, 9.17) is 9.47 Å². The van der Waals surface area contributed by atoms with Gasteiger partial charge in [0, 0.05) is 32.7 Å². The summed E-state index contributed by atoms with van der Waals surface area (Å²) in [4.78, 5) is 4.48. The average Bonchev–Trinajstić information content (AvgIpc) is 3.53. The van der Waals surface area contributed by atoms with Crippen molar-refractivity contribution in [1.29, 1.82) is 10.5 Å². The van der Waals surface area contributed by atoms with Crippen LogP contribution in [0.4, 0.5) is 17.1 Å². The molecule has 8 aromatic rings. The highest BCUT2D eigenvalue weighted by Crippen LogP contribution is 2.56. The molecule has 2 heterocycles. The molecule has 6 nitrogen and oxygen atoms in total. The van der Waals surface area contributed by atoms with E-state index in [1.807, 2.05) is 54.6 Å². The van der Waals surface area contributed by atoms with E-state index in [1.165, 1.54) is 0 Å². The van der Waals surface area contributed by atoms with Crippen molar-refractivity contribution in [1.82, 2.24) is 4.57 Å². The standard InChI is InChI=1S/C48H34N4O2S/c1-29-11-15-37-38-16-12-30(2)20-42(38)51(41(37)19-29)43-25-39(33-9-5-7-31(21-33)27-49)40(34-10-6-8-32(22-34)28-50)26-44(43)52-45-23-35(53-3)13-17-47(45)55-48-18-14-36(54-4)24-46(48)52/h5-26H,1-4H3. The van der Waals surface area contributed by atoms with E-state index in [2.05, 4.69) is 114 Å². The van der Waals surface area contributed by atoms with Crippen LogP contribution in [-0.2, 0) is 0 Å². The first-order chi connectivity index (χ1) is 26.9. The van der Waals surface area contributed by atoms with Crippen LogP contribution in [0.3, 0.4) is 0 Å². The van der Waals surface area contributed by atoms with Gasteiger partial charge >= 0.3 is 0 Å². The van der Waals surface area contributed by atoms with Gasteiger partial charge in [0.25, 0.3) is 0 Å². The summed E-state index contributed by atoms with van der Waals surface area (Å²) in [5.74, 6) is 1.49. The van der Waals surface area contributed by atoms with Gasteiger partial charge in [0.05, 0.1) is 71.3 Å². The molecule has 0 saturated heterocycles. The van der Waals surface area contributed by atoms with E-state index < -0.39 is 0 Å². The molecule has 0 fully saturated rings. The van der Waals surface area contributed by atoms with Crippen LogP contribution < -0.4 is 14.4 Å². The minimum absolute atomic E-state index is 0.563. The van der Waals surface area contributed by atoms with Gasteiger partial charge in [0.1, 0.15) is 11.5 Å². The maximum absolute atomic E-state index is 10.0. The zero-order valence-electron chi connectivity index (χ0n) is 30.7. The molecular weight excluding hydrogens is 697 g/mol. The Hall–Kier alpha value is -6.93. The van der Waals surface area contributed by atoms with Gasteiger partial charge in [-0.3, -0.25) is 0 Å². The van der Waals surface area contributed by atoms with Crippen molar-refractivity contribution in [3.63, 3.8) is 0 Å². The molecule has 0 bridgehead atoms. The van der Waals surface area contributed by atoms with Crippen LogP contribution in [0.2, 0.25) is 0 Å². The fraction of sp³-hybridized carbons (Fsp3) is 0.0833. The second-order valence-electron chi connectivity index (χ2n) is 13.8. The van der Waals surface area contributed by atoms with Crippen molar-refractivity contribution in [2.75, 3.05) is 19.1 Å². The highest BCUT2D eigenvalue weighted by atomic mass is 32.2. The summed E-state index contributed by atoms with van der Waals surface area (Å²) < 4.78 is 14.1. The lowest BCUT2D eigenvalue weighted by Gasteiger charge is -2.35. The third kappa shape index (κ3) is 5.74. The fourth-order valence-electron chi connectivity index (χ4n) is 7.70. The van der Waals surface area contributed by atoms with Crippen molar-refractivity contribution < 1.29 is 9.47 Å². The number of ether oxygens (including phenoxy) is 2. The Morgan fingerprint density at radius 2 is 1.00 bits per heavy atom. The largest absolute Gasteiger partial charge is 0.497 e. The van der Waals surface area contributed by atoms with Crippen molar-refractivity contribution >= 4 is 50.6 Å². The zero-order chi connectivity index (χ0) is 37.8. The molecule has 0 aliphatic carbocycles. The Bertz CT molecular complexity index is 2840. The molecule has 0 unspecified atom stereocenters. The molecule has 0 amide bonds. The summed E-state index contributed by atoms with van der Waals surface area (Å²) in [5.41, 5.74) is 13.1. The van der Waals surface area contributed by atoms with E-state index >= 15 is 0 Å². The van der Waals surface area contributed by atoms with Crippen molar-refractivity contribution in [3.05, 3.63) is 156 Å². The molecule has 1 aromatic heterocycles. The van der Waals surface area contributed by atoms with E-state index in [9.17, 15) is 10.5 Å². The molecule has 7 aromatic carbocycles. The van der Waals surface area contributed by atoms with E-state index in [1.54, 1.807) is 26.0 Å². The number of hydrogen-bond donors (Lipinski definition) is 0. The first-order valence-corrected chi connectivity index (χ1v) is 18.7. The number of methoxy groups -OCH3 is 2. The summed E-state index contributed by atoms with van der Waals surface area (Å²) >= 11 is 1.72. The summed E-state index contributed by atoms with van der Waals surface area (Å²) in [7, 11) is 3.38. The van der Waals surface area contributed by atoms with Crippen LogP contribution in [0, 0.1) is 36.5 Å². The summed E-state index contributed by atoms with van der Waals surface area (Å²) in [6, 6.07) is 50.4. The molecule has 0 radical (unpaired) electrons. The van der Waals surface area contributed by atoms with Gasteiger partial charge in [-0.05, 0) is 120 Å². The molecule has 1 aliphatic heterocycles. The predicted octanol–water partition coefficient (Wildman–Crippen LogP) is 12.4. The van der Waals surface area contributed by atoms with E-state index in [0.29, 0.717) is 11.1 Å². The number of rotatable bonds is 6. The van der Waals surface area contributed by atoms with Crippen LogP contribution >= 0.6 is 11.8 Å². The summed E-state index contributed by atoms with van der Waals surface area (Å²) in [6.45, 7) is 4.26. The quantitative estimate of drug-likeness (QED) is 0.170. The first kappa shape index (κ1) is 33.9. The first-order valence-electron chi connectivity index (χ1n) is 17.9. The van der Waals surface area contributed by atoms with Gasteiger partial charge in [-0.1, -0.05) is 60.3 Å². The third-order valence-electron chi connectivity index (χ3n) is 10.3. The fourth-order valence-corrected chi connectivity index (χ4v) is 8.72. The summed E-state index contributed by atoms with van der Waals surface area (Å²) in [6.07, 6.45) is 0. The van der Waals surface area contributed by atoms with Gasteiger partial charge in [0.15, 0.2) is 0 Å². The lowest BCUT2D eigenvalue weighted by atomic mass is 9.91. The molecular formula is C48H34N4O2S. The van der Waals surface area contributed by atoms with Crippen molar-refractivity contribution in [3.8, 4) is 51.6 Å². The SMILES string of the molecule is COc1ccc2c(c1)N(c1cc(-c3cccc(C#N)c3)c(-c3cccc(C#N)c3)cc1-n1c3cc(C)ccc3c3ccc(C)cc31)c1cc(OC)ccc1S2. The molecule has 55 heavy (non-hydrogen) atoms. The molecule has 0 spiro atoms. The van der Waals surface area contributed by atoms with E-state index in [-0.39, 0.29) is 0 Å². The molecule has 1 aliphatic rings. The number of fused-ring (bicyclic) bond motifs is 5. The number of nitriles is 2. The Labute approximate surface area is 324 Å². The lowest BCUT2D eigenvalue weighted by Crippen LogP contribution is -2.18. The minimum Gasteiger partial charge on any atom is -0.497 e. The third-order valence-corrected chi connectivity index (χ3v) is 11.4. The van der Waals surface area contributed by atoms with Gasteiger partial charge in [0.2, 0.25) is 0 Å². The number of nitrogens with zero attached hydrogens (tertiary/aromatic N) is 4. The average molecular weight is 731 g/mol. The lowest BCUT2D eigenvalue weighted by molar-refractivity contribution is 0.414.